The molecule has 1 amide bonds. The van der Waals surface area contributed by atoms with Crippen molar-refractivity contribution in [2.45, 2.75) is 6.54 Å². The number of nitrogens with one attached hydrogen (secondary N) is 1. The van der Waals surface area contributed by atoms with E-state index in [9.17, 15) is 4.79 Å². The zero-order valence-electron chi connectivity index (χ0n) is 12.0. The molecule has 1 N–H and O–H groups in total. The minimum atomic E-state index is -0.190. The van der Waals surface area contributed by atoms with Crippen molar-refractivity contribution in [3.8, 4) is 0 Å². The van der Waals surface area contributed by atoms with Gasteiger partial charge in [0, 0.05) is 11.6 Å². The van der Waals surface area contributed by atoms with Gasteiger partial charge < -0.3 is 5.32 Å². The fourth-order valence-corrected chi connectivity index (χ4v) is 2.55. The monoisotopic (exact) mass is 345 g/mol. The van der Waals surface area contributed by atoms with Gasteiger partial charge in [-0.2, -0.15) is 5.10 Å². The van der Waals surface area contributed by atoms with Gasteiger partial charge in [0.05, 0.1) is 22.8 Å². The van der Waals surface area contributed by atoms with Crippen LogP contribution in [-0.4, -0.2) is 15.7 Å². The lowest BCUT2D eigenvalue weighted by Crippen LogP contribution is -2.16. The molecule has 2 aromatic carbocycles. The number of carbonyl (C=O) groups excluding carboxylic acids is 1. The zero-order chi connectivity index (χ0) is 16.2. The summed E-state index contributed by atoms with van der Waals surface area (Å²) in [6, 6.07) is 16.2. The van der Waals surface area contributed by atoms with E-state index in [-0.39, 0.29) is 5.91 Å². The summed E-state index contributed by atoms with van der Waals surface area (Å²) in [5, 5.41) is 8.06. The second-order valence-electron chi connectivity index (χ2n) is 4.91. The van der Waals surface area contributed by atoms with Crippen LogP contribution in [0, 0.1) is 0 Å². The zero-order valence-corrected chi connectivity index (χ0v) is 13.6. The molecule has 0 saturated carbocycles. The Bertz CT molecular complexity index is 831. The second kappa shape index (κ2) is 6.86. The third-order valence-electron chi connectivity index (χ3n) is 3.35. The van der Waals surface area contributed by atoms with Crippen molar-refractivity contribution >= 4 is 34.9 Å². The Morgan fingerprint density at radius 1 is 1.04 bits per heavy atom. The number of rotatable bonds is 4. The fraction of sp³-hybridized carbons (Fsp3) is 0.0588. The summed E-state index contributed by atoms with van der Waals surface area (Å²) < 4.78 is 1.67. The Morgan fingerprint density at radius 2 is 1.83 bits per heavy atom. The van der Waals surface area contributed by atoms with E-state index in [2.05, 4.69) is 10.4 Å². The first-order valence-electron chi connectivity index (χ1n) is 6.96. The van der Waals surface area contributed by atoms with Crippen LogP contribution in [0.15, 0.2) is 60.8 Å². The van der Waals surface area contributed by atoms with Crippen LogP contribution in [0.2, 0.25) is 10.0 Å². The molecule has 0 saturated heterocycles. The van der Waals surface area contributed by atoms with Gasteiger partial charge in [-0.25, -0.2) is 4.68 Å². The number of anilines is 1. The predicted octanol–water partition coefficient (Wildman–Crippen LogP) is 4.49. The van der Waals surface area contributed by atoms with E-state index in [1.165, 1.54) is 0 Å². The van der Waals surface area contributed by atoms with E-state index < -0.39 is 0 Å². The van der Waals surface area contributed by atoms with Crippen LogP contribution in [0.1, 0.15) is 15.9 Å². The molecule has 0 aliphatic rings. The number of carbonyl (C=O) groups is 1. The van der Waals surface area contributed by atoms with E-state index in [0.717, 1.165) is 5.56 Å². The molecule has 3 rings (SSSR count). The maximum atomic E-state index is 12.2. The number of halogens is 2. The van der Waals surface area contributed by atoms with Gasteiger partial charge in [0.2, 0.25) is 0 Å². The summed E-state index contributed by atoms with van der Waals surface area (Å²) in [6.45, 7) is 0.413. The van der Waals surface area contributed by atoms with Crippen molar-refractivity contribution < 1.29 is 4.79 Å². The Kier molecular flexibility index (Phi) is 4.65. The van der Waals surface area contributed by atoms with E-state index in [1.807, 2.05) is 30.3 Å². The molecule has 0 fully saturated rings. The standard InChI is InChI=1S/C17H13Cl2N3O/c18-14-8-4-7-13(16(14)19)11-22-15(9-10-20-22)21-17(23)12-5-2-1-3-6-12/h1-10H,11H2,(H,21,23). The number of hydrogen-bond donors (Lipinski definition) is 1. The third-order valence-corrected chi connectivity index (χ3v) is 4.20. The van der Waals surface area contributed by atoms with Crippen molar-refractivity contribution in [1.29, 1.82) is 0 Å². The average molecular weight is 346 g/mol. The first-order chi connectivity index (χ1) is 11.1. The second-order valence-corrected chi connectivity index (χ2v) is 5.69. The van der Waals surface area contributed by atoms with Crippen molar-refractivity contribution in [1.82, 2.24) is 9.78 Å². The van der Waals surface area contributed by atoms with Crippen molar-refractivity contribution in [2.24, 2.45) is 0 Å². The Morgan fingerprint density at radius 3 is 2.61 bits per heavy atom. The topological polar surface area (TPSA) is 46.9 Å². The molecule has 3 aromatic rings. The normalized spacial score (nSPS) is 10.5. The van der Waals surface area contributed by atoms with Gasteiger partial charge in [0.15, 0.2) is 0 Å². The largest absolute Gasteiger partial charge is 0.307 e. The van der Waals surface area contributed by atoms with Gasteiger partial charge in [-0.3, -0.25) is 4.79 Å². The lowest BCUT2D eigenvalue weighted by Gasteiger charge is -2.11. The maximum Gasteiger partial charge on any atom is 0.256 e. The Hall–Kier alpha value is -2.30. The van der Waals surface area contributed by atoms with Gasteiger partial charge in [0.25, 0.3) is 5.91 Å². The van der Waals surface area contributed by atoms with Crippen molar-refractivity contribution in [3.63, 3.8) is 0 Å². The summed E-state index contributed by atoms with van der Waals surface area (Å²) in [6.07, 6.45) is 1.62. The molecule has 0 unspecified atom stereocenters. The van der Waals surface area contributed by atoms with Crippen LogP contribution in [-0.2, 0) is 6.54 Å². The minimum Gasteiger partial charge on any atom is -0.307 e. The first-order valence-corrected chi connectivity index (χ1v) is 7.72. The Balaban J connectivity index is 1.80. The molecule has 1 aromatic heterocycles. The molecule has 0 bridgehead atoms. The highest BCUT2D eigenvalue weighted by Crippen LogP contribution is 2.26. The molecular weight excluding hydrogens is 333 g/mol. The molecule has 6 heteroatoms. The SMILES string of the molecule is O=C(Nc1ccnn1Cc1cccc(Cl)c1Cl)c1ccccc1. The fourth-order valence-electron chi connectivity index (χ4n) is 2.17. The van der Waals surface area contributed by atoms with Crippen LogP contribution in [0.3, 0.4) is 0 Å². The van der Waals surface area contributed by atoms with Gasteiger partial charge >= 0.3 is 0 Å². The van der Waals surface area contributed by atoms with Crippen molar-refractivity contribution in [2.75, 3.05) is 5.32 Å². The molecule has 0 atom stereocenters. The molecule has 0 spiro atoms. The Labute approximate surface area is 143 Å². The summed E-state index contributed by atoms with van der Waals surface area (Å²) in [7, 11) is 0. The van der Waals surface area contributed by atoms with Crippen molar-refractivity contribution in [3.05, 3.63) is 82.0 Å². The molecule has 0 aliphatic carbocycles. The van der Waals surface area contributed by atoms with E-state index in [4.69, 9.17) is 23.2 Å². The van der Waals surface area contributed by atoms with E-state index >= 15 is 0 Å². The highest BCUT2D eigenvalue weighted by Gasteiger charge is 2.11. The van der Waals surface area contributed by atoms with Crippen LogP contribution in [0.25, 0.3) is 0 Å². The average Bonchev–Trinajstić information content (AvgIpc) is 2.99. The summed E-state index contributed by atoms with van der Waals surface area (Å²) in [5.41, 5.74) is 1.42. The van der Waals surface area contributed by atoms with Gasteiger partial charge in [-0.05, 0) is 23.8 Å². The first kappa shape index (κ1) is 15.6. The highest BCUT2D eigenvalue weighted by molar-refractivity contribution is 6.42. The molecule has 116 valence electrons. The van der Waals surface area contributed by atoms with E-state index in [0.29, 0.717) is 28.0 Å². The molecule has 0 radical (unpaired) electrons. The smallest absolute Gasteiger partial charge is 0.256 e. The summed E-state index contributed by atoms with van der Waals surface area (Å²) in [4.78, 5) is 12.2. The summed E-state index contributed by atoms with van der Waals surface area (Å²) in [5.74, 6) is 0.402. The lowest BCUT2D eigenvalue weighted by molar-refractivity contribution is 0.102. The van der Waals surface area contributed by atoms with Gasteiger partial charge in [-0.15, -0.1) is 0 Å². The lowest BCUT2D eigenvalue weighted by atomic mass is 10.2. The molecule has 4 nitrogen and oxygen atoms in total. The van der Waals surface area contributed by atoms with Crippen LogP contribution in [0.4, 0.5) is 5.82 Å². The number of benzene rings is 2. The molecule has 0 aliphatic heterocycles. The maximum absolute atomic E-state index is 12.2. The number of amides is 1. The molecule has 1 heterocycles. The predicted molar refractivity (Wildman–Crippen MR) is 92.2 cm³/mol. The highest BCUT2D eigenvalue weighted by atomic mass is 35.5. The minimum absolute atomic E-state index is 0.190. The number of nitrogens with zero attached hydrogens (tertiary/aromatic N) is 2. The van der Waals surface area contributed by atoms with Gasteiger partial charge in [-0.1, -0.05) is 53.5 Å². The van der Waals surface area contributed by atoms with Crippen LogP contribution in [0.5, 0.6) is 0 Å². The quantitative estimate of drug-likeness (QED) is 0.757. The summed E-state index contributed by atoms with van der Waals surface area (Å²) >= 11 is 12.2. The van der Waals surface area contributed by atoms with E-state index in [1.54, 1.807) is 35.1 Å². The number of aromatic nitrogens is 2. The van der Waals surface area contributed by atoms with Crippen LogP contribution < -0.4 is 5.32 Å². The third kappa shape index (κ3) is 3.55. The number of hydrogen-bond acceptors (Lipinski definition) is 2. The molecular formula is C17H13Cl2N3O. The van der Waals surface area contributed by atoms with Crippen LogP contribution >= 0.6 is 23.2 Å². The van der Waals surface area contributed by atoms with Gasteiger partial charge in [0.1, 0.15) is 5.82 Å². The molecule has 23 heavy (non-hydrogen) atoms.